The van der Waals surface area contributed by atoms with Crippen molar-refractivity contribution in [3.63, 3.8) is 0 Å². The molecule has 0 saturated heterocycles. The van der Waals surface area contributed by atoms with E-state index in [0.29, 0.717) is 0 Å². The average Bonchev–Trinajstić information content (AvgIpc) is 3.31. The second-order valence-corrected chi connectivity index (χ2v) is 30.6. The van der Waals surface area contributed by atoms with Crippen molar-refractivity contribution in [2.24, 2.45) is 0 Å². The molecule has 326 valence electrons. The molecule has 0 bridgehead atoms. The number of hydrogen-bond acceptors (Lipinski definition) is 2. The molecule has 0 radical (unpaired) electrons. The summed E-state index contributed by atoms with van der Waals surface area (Å²) in [4.78, 5) is 5.05. The van der Waals surface area contributed by atoms with Gasteiger partial charge in [0.2, 0.25) is 0 Å². The van der Waals surface area contributed by atoms with E-state index in [1.807, 2.05) is 0 Å². The van der Waals surface area contributed by atoms with Crippen LogP contribution in [0.2, 0.25) is 39.3 Å². The number of anilines is 6. The van der Waals surface area contributed by atoms with Gasteiger partial charge in [0.1, 0.15) is 0 Å². The molecule has 0 fully saturated rings. The molecule has 0 unspecified atom stereocenters. The summed E-state index contributed by atoms with van der Waals surface area (Å²) in [6.07, 6.45) is 0. The molecule has 2 nitrogen and oxygen atoms in total. The average molecular weight is 889 g/mol. The molecular weight excluding hydrogens is 829 g/mol. The van der Waals surface area contributed by atoms with Gasteiger partial charge in [0, 0.05) is 33.5 Å². The van der Waals surface area contributed by atoms with Crippen molar-refractivity contribution in [3.8, 4) is 22.3 Å². The Morgan fingerprint density at radius 3 is 1.03 bits per heavy atom. The molecule has 0 aliphatic heterocycles. The number of aryl methyl sites for hydroxylation is 4. The van der Waals surface area contributed by atoms with E-state index < -0.39 is 16.1 Å². The van der Waals surface area contributed by atoms with Gasteiger partial charge in [-0.1, -0.05) is 194 Å². The fraction of sp³-hybridized carbons (Fsp3) is 0.161. The maximum atomic E-state index is 2.52. The van der Waals surface area contributed by atoms with Crippen LogP contribution >= 0.6 is 0 Å². The van der Waals surface area contributed by atoms with E-state index >= 15 is 0 Å². The van der Waals surface area contributed by atoms with Crippen LogP contribution in [0.3, 0.4) is 0 Å². The molecule has 10 aromatic carbocycles. The minimum atomic E-state index is -1.73. The molecule has 0 saturated carbocycles. The van der Waals surface area contributed by atoms with Crippen LogP contribution in [0.25, 0.3) is 54.6 Å². The van der Waals surface area contributed by atoms with Gasteiger partial charge >= 0.3 is 0 Å². The standard InChI is InChI=1S/C62H60N2Si2/c1-41-21-29-49(30-22-41)63(57-39-53(45-17-13-11-14-18-45)59(37-43(57)3)65(5,6)7)55-35-27-47-26-34-52-56(36-28-48-25-33-51(55)61(47)62(48)52)64(50-31-23-42(2)24-32-50)58-40-54(46-19-15-12-16-20-46)60(38-44(58)4)66(8,9)10/h11-40H,1-10H3. The van der Waals surface area contributed by atoms with Crippen LogP contribution in [0.4, 0.5) is 34.1 Å². The van der Waals surface area contributed by atoms with Crippen LogP contribution in [0.1, 0.15) is 22.3 Å². The molecule has 0 heterocycles. The first-order chi connectivity index (χ1) is 31.7. The Labute approximate surface area is 394 Å². The lowest BCUT2D eigenvalue weighted by Gasteiger charge is -2.32. The summed E-state index contributed by atoms with van der Waals surface area (Å²) in [6, 6.07) is 68.9. The fourth-order valence-electron chi connectivity index (χ4n) is 10.2. The van der Waals surface area contributed by atoms with Crippen molar-refractivity contribution < 1.29 is 0 Å². The lowest BCUT2D eigenvalue weighted by Crippen LogP contribution is -2.39. The summed E-state index contributed by atoms with van der Waals surface area (Å²) in [7, 11) is -3.45. The first-order valence-corrected chi connectivity index (χ1v) is 30.5. The lowest BCUT2D eigenvalue weighted by atomic mass is 9.91. The SMILES string of the molecule is Cc1ccc(N(c2cc(-c3ccccc3)c([Si](C)(C)C)cc2C)c2ccc3ccc4c(N(c5ccc(C)cc5)c5cc(-c6ccccc6)c([Si](C)(C)C)cc5C)ccc5ccc2c3c54)cc1. The minimum Gasteiger partial charge on any atom is -0.310 e. The molecular formula is C62H60N2Si2. The summed E-state index contributed by atoms with van der Waals surface area (Å²) in [5.41, 5.74) is 17.3. The second kappa shape index (κ2) is 16.6. The predicted octanol–water partition coefficient (Wildman–Crippen LogP) is 17.2. The van der Waals surface area contributed by atoms with Gasteiger partial charge in [0.25, 0.3) is 0 Å². The summed E-state index contributed by atoms with van der Waals surface area (Å²) in [5.74, 6) is 0. The minimum absolute atomic E-state index is 1.15. The van der Waals surface area contributed by atoms with Crippen LogP contribution in [-0.2, 0) is 0 Å². The molecule has 66 heavy (non-hydrogen) atoms. The van der Waals surface area contributed by atoms with E-state index in [2.05, 4.69) is 259 Å². The van der Waals surface area contributed by atoms with E-state index in [-0.39, 0.29) is 0 Å². The third kappa shape index (κ3) is 7.72. The largest absolute Gasteiger partial charge is 0.310 e. The third-order valence-electron chi connectivity index (χ3n) is 13.6. The van der Waals surface area contributed by atoms with Gasteiger partial charge < -0.3 is 9.80 Å². The molecule has 10 aromatic rings. The van der Waals surface area contributed by atoms with Gasteiger partial charge in [-0.05, 0) is 131 Å². The van der Waals surface area contributed by atoms with Crippen LogP contribution in [0.15, 0.2) is 182 Å². The van der Waals surface area contributed by atoms with Gasteiger partial charge in [0.15, 0.2) is 0 Å². The highest BCUT2D eigenvalue weighted by atomic mass is 28.3. The van der Waals surface area contributed by atoms with Crippen LogP contribution < -0.4 is 20.2 Å². The van der Waals surface area contributed by atoms with E-state index in [0.717, 1.165) is 11.4 Å². The maximum Gasteiger partial charge on any atom is 0.0784 e. The van der Waals surface area contributed by atoms with Gasteiger partial charge in [-0.3, -0.25) is 0 Å². The zero-order chi connectivity index (χ0) is 46.1. The van der Waals surface area contributed by atoms with Gasteiger partial charge in [-0.2, -0.15) is 0 Å². The van der Waals surface area contributed by atoms with Crippen LogP contribution in [0.5, 0.6) is 0 Å². The molecule has 0 spiro atoms. The van der Waals surface area contributed by atoms with Crippen molar-refractivity contribution in [2.45, 2.75) is 67.0 Å². The fourth-order valence-corrected chi connectivity index (χ4v) is 13.5. The van der Waals surface area contributed by atoms with E-state index in [1.165, 1.54) is 110 Å². The van der Waals surface area contributed by atoms with Crippen molar-refractivity contribution >= 4 is 93.0 Å². The first-order valence-electron chi connectivity index (χ1n) is 23.5. The Balaban J connectivity index is 1.24. The topological polar surface area (TPSA) is 6.48 Å². The highest BCUT2D eigenvalue weighted by molar-refractivity contribution is 6.90. The molecule has 0 aliphatic rings. The molecule has 0 atom stereocenters. The third-order valence-corrected chi connectivity index (χ3v) is 17.7. The van der Waals surface area contributed by atoms with Crippen LogP contribution in [-0.4, -0.2) is 16.1 Å². The van der Waals surface area contributed by atoms with Gasteiger partial charge in [0.05, 0.1) is 27.5 Å². The number of nitrogens with zero attached hydrogens (tertiary/aromatic N) is 2. The van der Waals surface area contributed by atoms with Crippen molar-refractivity contribution in [1.82, 2.24) is 0 Å². The Morgan fingerprint density at radius 2 is 0.682 bits per heavy atom. The highest BCUT2D eigenvalue weighted by Gasteiger charge is 2.28. The summed E-state index contributed by atoms with van der Waals surface area (Å²) in [6.45, 7) is 23.7. The van der Waals surface area contributed by atoms with Crippen molar-refractivity contribution in [2.75, 3.05) is 9.80 Å². The Kier molecular flexibility index (Phi) is 10.9. The zero-order valence-corrected chi connectivity index (χ0v) is 42.2. The Hall–Kier alpha value is -6.73. The Morgan fingerprint density at radius 1 is 0.333 bits per heavy atom. The smallest absolute Gasteiger partial charge is 0.0784 e. The molecule has 4 heteroatoms. The lowest BCUT2D eigenvalue weighted by molar-refractivity contribution is 1.26. The van der Waals surface area contributed by atoms with E-state index in [4.69, 9.17) is 0 Å². The molecule has 10 rings (SSSR count). The number of rotatable bonds is 10. The molecule has 0 aliphatic carbocycles. The van der Waals surface area contributed by atoms with Crippen LogP contribution in [0, 0.1) is 27.7 Å². The summed E-state index contributed by atoms with van der Waals surface area (Å²) in [5, 5.41) is 10.5. The van der Waals surface area contributed by atoms with Gasteiger partial charge in [-0.15, -0.1) is 0 Å². The van der Waals surface area contributed by atoms with Crippen molar-refractivity contribution in [3.05, 3.63) is 204 Å². The number of benzene rings is 10. The summed E-state index contributed by atoms with van der Waals surface area (Å²) >= 11 is 0. The Bertz CT molecular complexity index is 3170. The summed E-state index contributed by atoms with van der Waals surface area (Å²) < 4.78 is 0. The first kappa shape index (κ1) is 43.2. The molecule has 0 amide bonds. The quantitative estimate of drug-likeness (QED) is 0.0997. The number of hydrogen-bond donors (Lipinski definition) is 0. The van der Waals surface area contributed by atoms with Crippen molar-refractivity contribution in [1.29, 1.82) is 0 Å². The van der Waals surface area contributed by atoms with E-state index in [9.17, 15) is 0 Å². The highest BCUT2D eigenvalue weighted by Crippen LogP contribution is 2.49. The predicted molar refractivity (Wildman–Crippen MR) is 295 cm³/mol. The van der Waals surface area contributed by atoms with Gasteiger partial charge in [-0.25, -0.2) is 0 Å². The molecule has 0 aromatic heterocycles. The monoisotopic (exact) mass is 888 g/mol. The second-order valence-electron chi connectivity index (χ2n) is 20.5. The maximum absolute atomic E-state index is 2.52. The van der Waals surface area contributed by atoms with E-state index in [1.54, 1.807) is 0 Å². The zero-order valence-electron chi connectivity index (χ0n) is 40.2. The molecule has 0 N–H and O–H groups in total. The normalized spacial score (nSPS) is 12.1.